The Hall–Kier alpha value is -2.64. The molecule has 0 unspecified atom stereocenters. The highest BCUT2D eigenvalue weighted by Gasteiger charge is 2.18. The average molecular weight is 329 g/mol. The van der Waals surface area contributed by atoms with Crippen LogP contribution in [0.4, 0.5) is 0 Å². The van der Waals surface area contributed by atoms with E-state index in [1.54, 1.807) is 9.36 Å². The number of aromatic nitrogens is 6. The normalized spacial score (nSPS) is 12.7. The zero-order valence-corrected chi connectivity index (χ0v) is 14.7. The van der Waals surface area contributed by atoms with Crippen LogP contribution in [0, 0.1) is 20.8 Å². The number of rotatable bonds is 5. The Labute approximate surface area is 140 Å². The van der Waals surface area contributed by atoms with E-state index in [0.29, 0.717) is 13.1 Å². The lowest BCUT2D eigenvalue weighted by atomic mass is 10.3. The van der Waals surface area contributed by atoms with Gasteiger partial charge in [0.25, 0.3) is 0 Å². The summed E-state index contributed by atoms with van der Waals surface area (Å²) in [4.78, 5) is 12.4. The molecule has 3 heterocycles. The maximum atomic E-state index is 12.4. The van der Waals surface area contributed by atoms with E-state index < -0.39 is 0 Å². The molecule has 8 nitrogen and oxygen atoms in total. The topological polar surface area (TPSA) is 82.6 Å². The van der Waals surface area contributed by atoms with Gasteiger partial charge >= 0.3 is 0 Å². The summed E-state index contributed by atoms with van der Waals surface area (Å²) in [6.07, 6.45) is 1.86. The van der Waals surface area contributed by atoms with Crippen molar-refractivity contribution >= 4 is 16.9 Å². The van der Waals surface area contributed by atoms with E-state index in [0.717, 1.165) is 28.1 Å². The number of nitrogens with zero attached hydrogens (tertiary/aromatic N) is 6. The molecule has 1 N–H and O–H groups in total. The first-order valence-corrected chi connectivity index (χ1v) is 8.04. The number of aryl methyl sites for hydroxylation is 4. The molecule has 0 fully saturated rings. The van der Waals surface area contributed by atoms with Crippen molar-refractivity contribution < 1.29 is 4.79 Å². The minimum atomic E-state index is -0.378. The molecule has 0 aliphatic heterocycles. The summed E-state index contributed by atoms with van der Waals surface area (Å²) in [5.41, 5.74) is 4.70. The predicted octanol–water partition coefficient (Wildman–Crippen LogP) is 1.27. The second-order valence-electron chi connectivity index (χ2n) is 6.17. The Morgan fingerprint density at radius 3 is 2.62 bits per heavy atom. The van der Waals surface area contributed by atoms with Gasteiger partial charge in [-0.3, -0.25) is 18.8 Å². The Bertz CT molecular complexity index is 851. The predicted molar refractivity (Wildman–Crippen MR) is 90.7 cm³/mol. The Morgan fingerprint density at radius 1 is 1.25 bits per heavy atom. The van der Waals surface area contributed by atoms with Crippen molar-refractivity contribution in [1.82, 2.24) is 34.7 Å². The fourth-order valence-electron chi connectivity index (χ4n) is 2.86. The van der Waals surface area contributed by atoms with Gasteiger partial charge in [0, 0.05) is 19.3 Å². The van der Waals surface area contributed by atoms with Crippen molar-refractivity contribution in [3.8, 4) is 0 Å². The second-order valence-corrected chi connectivity index (χ2v) is 6.17. The van der Waals surface area contributed by atoms with E-state index in [4.69, 9.17) is 0 Å². The summed E-state index contributed by atoms with van der Waals surface area (Å²) in [7, 11) is 1.88. The zero-order valence-electron chi connectivity index (χ0n) is 14.7. The molecule has 0 spiro atoms. The molecule has 0 saturated carbocycles. The molecule has 1 atom stereocenters. The van der Waals surface area contributed by atoms with Crippen LogP contribution in [0.2, 0.25) is 0 Å². The average Bonchev–Trinajstić information content (AvgIpc) is 3.16. The molecule has 3 aromatic rings. The molecule has 0 aliphatic carbocycles. The van der Waals surface area contributed by atoms with Crippen LogP contribution in [0.15, 0.2) is 12.3 Å². The molecule has 24 heavy (non-hydrogen) atoms. The highest BCUT2D eigenvalue weighted by atomic mass is 16.2. The monoisotopic (exact) mass is 329 g/mol. The van der Waals surface area contributed by atoms with Crippen LogP contribution in [-0.2, 0) is 18.4 Å². The van der Waals surface area contributed by atoms with Crippen LogP contribution < -0.4 is 5.32 Å². The van der Waals surface area contributed by atoms with E-state index in [2.05, 4.69) is 20.6 Å². The van der Waals surface area contributed by atoms with E-state index >= 15 is 0 Å². The van der Waals surface area contributed by atoms with Crippen LogP contribution in [0.1, 0.15) is 30.0 Å². The molecule has 1 amide bonds. The van der Waals surface area contributed by atoms with Gasteiger partial charge in [0.1, 0.15) is 17.1 Å². The Morgan fingerprint density at radius 2 is 2.00 bits per heavy atom. The summed E-state index contributed by atoms with van der Waals surface area (Å²) >= 11 is 0. The van der Waals surface area contributed by atoms with Gasteiger partial charge in [-0.2, -0.15) is 15.3 Å². The standard InChI is InChI=1S/C16H23N7O/c1-10-8-11(2)22(18-10)7-6-17-16(24)13(4)23-9-14-15(20-23)12(3)19-21(14)5/h8-9,13H,6-7H2,1-5H3,(H,17,24)/t13-/m0/s1. The Balaban J connectivity index is 1.63. The maximum absolute atomic E-state index is 12.4. The third-order valence-corrected chi connectivity index (χ3v) is 4.21. The molecule has 3 aromatic heterocycles. The Kier molecular flexibility index (Phi) is 4.13. The number of carbonyl (C=O) groups is 1. The number of hydrogen-bond acceptors (Lipinski definition) is 4. The summed E-state index contributed by atoms with van der Waals surface area (Å²) in [6, 6.07) is 1.65. The summed E-state index contributed by atoms with van der Waals surface area (Å²) in [5.74, 6) is -0.0602. The number of carbonyl (C=O) groups excluding carboxylic acids is 1. The van der Waals surface area contributed by atoms with Crippen LogP contribution in [0.3, 0.4) is 0 Å². The smallest absolute Gasteiger partial charge is 0.244 e. The lowest BCUT2D eigenvalue weighted by molar-refractivity contribution is -0.124. The van der Waals surface area contributed by atoms with Crippen LogP contribution in [0.25, 0.3) is 11.0 Å². The highest BCUT2D eigenvalue weighted by molar-refractivity contribution is 5.81. The molecule has 0 saturated heterocycles. The molecule has 0 bridgehead atoms. The molecule has 0 aromatic carbocycles. The minimum Gasteiger partial charge on any atom is -0.352 e. The van der Waals surface area contributed by atoms with Gasteiger partial charge in [-0.1, -0.05) is 0 Å². The third kappa shape index (κ3) is 2.91. The van der Waals surface area contributed by atoms with Crippen LogP contribution in [-0.4, -0.2) is 41.8 Å². The molecular formula is C16H23N7O. The van der Waals surface area contributed by atoms with Crippen molar-refractivity contribution in [2.75, 3.05) is 6.54 Å². The van der Waals surface area contributed by atoms with E-state index in [1.165, 1.54) is 0 Å². The third-order valence-electron chi connectivity index (χ3n) is 4.21. The lowest BCUT2D eigenvalue weighted by Gasteiger charge is -2.13. The van der Waals surface area contributed by atoms with Crippen molar-refractivity contribution in [2.24, 2.45) is 7.05 Å². The van der Waals surface area contributed by atoms with Crippen molar-refractivity contribution in [3.05, 3.63) is 29.3 Å². The quantitative estimate of drug-likeness (QED) is 0.764. The number of amides is 1. The number of nitrogens with one attached hydrogen (secondary N) is 1. The zero-order chi connectivity index (χ0) is 17.4. The van der Waals surface area contributed by atoms with E-state index in [9.17, 15) is 4.79 Å². The first-order chi connectivity index (χ1) is 11.4. The van der Waals surface area contributed by atoms with Gasteiger partial charge in [0.15, 0.2) is 0 Å². The summed E-state index contributed by atoms with van der Waals surface area (Å²) < 4.78 is 5.37. The largest absolute Gasteiger partial charge is 0.352 e. The molecule has 128 valence electrons. The van der Waals surface area contributed by atoms with Gasteiger partial charge in [0.05, 0.1) is 24.1 Å². The van der Waals surface area contributed by atoms with E-state index in [1.807, 2.05) is 51.7 Å². The molecule has 3 rings (SSSR count). The number of hydrogen-bond donors (Lipinski definition) is 1. The first-order valence-electron chi connectivity index (χ1n) is 8.04. The molecule has 0 radical (unpaired) electrons. The van der Waals surface area contributed by atoms with Gasteiger partial charge < -0.3 is 5.32 Å². The van der Waals surface area contributed by atoms with Crippen LogP contribution >= 0.6 is 0 Å². The van der Waals surface area contributed by atoms with E-state index in [-0.39, 0.29) is 11.9 Å². The SMILES string of the molecule is Cc1cc(C)n(CCNC(=O)[C@H](C)n2cc3c(n2)c(C)nn3C)n1. The van der Waals surface area contributed by atoms with Gasteiger partial charge in [-0.25, -0.2) is 0 Å². The summed E-state index contributed by atoms with van der Waals surface area (Å²) in [6.45, 7) is 8.92. The maximum Gasteiger partial charge on any atom is 0.244 e. The van der Waals surface area contributed by atoms with Gasteiger partial charge in [-0.15, -0.1) is 0 Å². The first kappa shape index (κ1) is 16.2. The highest BCUT2D eigenvalue weighted by Crippen LogP contribution is 2.17. The second kappa shape index (κ2) is 6.10. The molecule has 8 heteroatoms. The molecule has 0 aliphatic rings. The summed E-state index contributed by atoms with van der Waals surface area (Å²) in [5, 5.41) is 16.2. The van der Waals surface area contributed by atoms with Crippen molar-refractivity contribution in [2.45, 2.75) is 40.3 Å². The number of fused-ring (bicyclic) bond motifs is 1. The van der Waals surface area contributed by atoms with Crippen molar-refractivity contribution in [1.29, 1.82) is 0 Å². The van der Waals surface area contributed by atoms with Gasteiger partial charge in [0.2, 0.25) is 5.91 Å². The lowest BCUT2D eigenvalue weighted by Crippen LogP contribution is -2.33. The van der Waals surface area contributed by atoms with Gasteiger partial charge in [-0.05, 0) is 33.8 Å². The minimum absolute atomic E-state index is 0.0602. The van der Waals surface area contributed by atoms with Crippen LogP contribution in [0.5, 0.6) is 0 Å². The fraction of sp³-hybridized carbons (Fsp3) is 0.500. The fourth-order valence-corrected chi connectivity index (χ4v) is 2.86. The molecular weight excluding hydrogens is 306 g/mol. The van der Waals surface area contributed by atoms with Crippen molar-refractivity contribution in [3.63, 3.8) is 0 Å².